The van der Waals surface area contributed by atoms with Crippen LogP contribution in [0.4, 0.5) is 0 Å². The van der Waals surface area contributed by atoms with Gasteiger partial charge in [-0.3, -0.25) is 0 Å². The first-order valence-electron chi connectivity index (χ1n) is 6.30. The summed E-state index contributed by atoms with van der Waals surface area (Å²) in [6.45, 7) is 3.25. The van der Waals surface area contributed by atoms with Crippen molar-refractivity contribution in [3.05, 3.63) is 56.7 Å². The minimum Gasteiger partial charge on any atom is -0.309 e. The molecule has 2 unspecified atom stereocenters. The molecular weight excluding hydrogens is 262 g/mol. The van der Waals surface area contributed by atoms with Gasteiger partial charge in [0, 0.05) is 23.4 Å². The molecule has 0 bridgehead atoms. The van der Waals surface area contributed by atoms with Gasteiger partial charge in [-0.2, -0.15) is 0 Å². The predicted octanol–water partition coefficient (Wildman–Crippen LogP) is 4.39. The number of benzene rings is 1. The van der Waals surface area contributed by atoms with Crippen molar-refractivity contribution >= 4 is 22.9 Å². The normalized spacial score (nSPS) is 19.1. The highest BCUT2D eigenvalue weighted by Crippen LogP contribution is 2.35. The Morgan fingerprint density at radius 2 is 2.17 bits per heavy atom. The number of rotatable bonds is 4. The second kappa shape index (κ2) is 5.04. The summed E-state index contributed by atoms with van der Waals surface area (Å²) in [6, 6.07) is 13.2. The summed E-state index contributed by atoms with van der Waals surface area (Å²) in [5.41, 5.74) is 3.03. The molecular formula is C15H16ClNS. The van der Waals surface area contributed by atoms with E-state index in [2.05, 4.69) is 42.6 Å². The fourth-order valence-corrected chi connectivity index (χ4v) is 3.61. The zero-order chi connectivity index (χ0) is 12.5. The third kappa shape index (κ3) is 2.33. The fraction of sp³-hybridized carbons (Fsp3) is 0.333. The summed E-state index contributed by atoms with van der Waals surface area (Å²) < 4.78 is 0.868. The molecule has 1 aromatic carbocycles. The van der Waals surface area contributed by atoms with Crippen LogP contribution in [-0.4, -0.2) is 6.54 Å². The van der Waals surface area contributed by atoms with Gasteiger partial charge < -0.3 is 5.32 Å². The molecule has 0 aliphatic heterocycles. The maximum atomic E-state index is 5.96. The Morgan fingerprint density at radius 1 is 1.33 bits per heavy atom. The van der Waals surface area contributed by atoms with Gasteiger partial charge in [0.2, 0.25) is 0 Å². The van der Waals surface area contributed by atoms with Crippen molar-refractivity contribution in [1.82, 2.24) is 5.32 Å². The summed E-state index contributed by atoms with van der Waals surface area (Å²) in [5.74, 6) is 0.680. The first-order chi connectivity index (χ1) is 8.74. The van der Waals surface area contributed by atoms with Gasteiger partial charge in [-0.05, 0) is 36.6 Å². The number of hydrogen-bond donors (Lipinski definition) is 1. The van der Waals surface area contributed by atoms with E-state index < -0.39 is 0 Å². The topological polar surface area (TPSA) is 12.0 Å². The smallest absolute Gasteiger partial charge is 0.0931 e. The SMILES string of the molecule is CC(NCC1Cc2ccccc21)c1ccc(Cl)s1. The van der Waals surface area contributed by atoms with E-state index in [1.54, 1.807) is 11.3 Å². The third-order valence-electron chi connectivity index (χ3n) is 3.65. The minimum absolute atomic E-state index is 0.385. The van der Waals surface area contributed by atoms with E-state index >= 15 is 0 Å². The molecule has 0 fully saturated rings. The van der Waals surface area contributed by atoms with E-state index in [9.17, 15) is 0 Å². The number of nitrogens with one attached hydrogen (secondary N) is 1. The molecule has 18 heavy (non-hydrogen) atoms. The molecule has 1 N–H and O–H groups in total. The average molecular weight is 278 g/mol. The van der Waals surface area contributed by atoms with Crippen molar-refractivity contribution in [3.63, 3.8) is 0 Å². The molecule has 1 aliphatic carbocycles. The van der Waals surface area contributed by atoms with Gasteiger partial charge >= 0.3 is 0 Å². The van der Waals surface area contributed by atoms with Gasteiger partial charge in [0.15, 0.2) is 0 Å². The standard InChI is InChI=1S/C15H16ClNS/c1-10(14-6-7-15(16)18-14)17-9-12-8-11-4-2-3-5-13(11)12/h2-7,10,12,17H,8-9H2,1H3. The van der Waals surface area contributed by atoms with Gasteiger partial charge in [0.05, 0.1) is 4.34 Å². The summed E-state index contributed by atoms with van der Waals surface area (Å²) in [6.07, 6.45) is 1.21. The number of thiophene rings is 1. The Bertz CT molecular complexity index is 549. The molecule has 3 rings (SSSR count). The summed E-state index contributed by atoms with van der Waals surface area (Å²) in [7, 11) is 0. The monoisotopic (exact) mass is 277 g/mol. The number of hydrogen-bond acceptors (Lipinski definition) is 2. The summed E-state index contributed by atoms with van der Waals surface area (Å²) >= 11 is 7.62. The summed E-state index contributed by atoms with van der Waals surface area (Å²) in [4.78, 5) is 1.31. The lowest BCUT2D eigenvalue weighted by Gasteiger charge is -2.31. The molecule has 1 nitrogen and oxygen atoms in total. The number of halogens is 1. The maximum Gasteiger partial charge on any atom is 0.0931 e. The molecule has 0 saturated heterocycles. The van der Waals surface area contributed by atoms with E-state index in [-0.39, 0.29) is 0 Å². The molecule has 1 heterocycles. The lowest BCUT2D eigenvalue weighted by molar-refractivity contribution is 0.493. The van der Waals surface area contributed by atoms with Crippen molar-refractivity contribution < 1.29 is 0 Å². The molecule has 2 aromatic rings. The van der Waals surface area contributed by atoms with E-state index in [0.29, 0.717) is 12.0 Å². The van der Waals surface area contributed by atoms with Crippen molar-refractivity contribution in [2.24, 2.45) is 0 Å². The Balaban J connectivity index is 1.57. The zero-order valence-electron chi connectivity index (χ0n) is 10.3. The molecule has 1 aromatic heterocycles. The molecule has 2 atom stereocenters. The van der Waals surface area contributed by atoms with Gasteiger partial charge in [0.25, 0.3) is 0 Å². The van der Waals surface area contributed by atoms with Crippen molar-refractivity contribution in [2.75, 3.05) is 6.54 Å². The molecule has 0 amide bonds. The zero-order valence-corrected chi connectivity index (χ0v) is 11.9. The fourth-order valence-electron chi connectivity index (χ4n) is 2.53. The summed E-state index contributed by atoms with van der Waals surface area (Å²) in [5, 5.41) is 3.61. The van der Waals surface area contributed by atoms with Gasteiger partial charge in [-0.1, -0.05) is 35.9 Å². The largest absolute Gasteiger partial charge is 0.309 e. The van der Waals surface area contributed by atoms with Crippen molar-refractivity contribution in [3.8, 4) is 0 Å². The first-order valence-corrected chi connectivity index (χ1v) is 7.50. The van der Waals surface area contributed by atoms with Crippen LogP contribution >= 0.6 is 22.9 Å². The third-order valence-corrected chi connectivity index (χ3v) is 5.07. The van der Waals surface area contributed by atoms with Crippen LogP contribution in [0.5, 0.6) is 0 Å². The molecule has 1 aliphatic rings. The van der Waals surface area contributed by atoms with E-state index in [0.717, 1.165) is 10.9 Å². The highest BCUT2D eigenvalue weighted by atomic mass is 35.5. The van der Waals surface area contributed by atoms with Crippen molar-refractivity contribution in [2.45, 2.75) is 25.3 Å². The van der Waals surface area contributed by atoms with E-state index in [1.807, 2.05) is 6.07 Å². The molecule has 3 heteroatoms. The maximum absolute atomic E-state index is 5.96. The first kappa shape index (κ1) is 12.2. The Kier molecular flexibility index (Phi) is 3.42. The van der Waals surface area contributed by atoms with Crippen molar-refractivity contribution in [1.29, 1.82) is 0 Å². The van der Waals surface area contributed by atoms with Crippen LogP contribution in [0, 0.1) is 0 Å². The lowest BCUT2D eigenvalue weighted by atomic mass is 9.77. The second-order valence-corrected chi connectivity index (χ2v) is 6.62. The number of fused-ring (bicyclic) bond motifs is 1. The highest BCUT2D eigenvalue weighted by Gasteiger charge is 2.25. The quantitative estimate of drug-likeness (QED) is 0.874. The van der Waals surface area contributed by atoms with Crippen LogP contribution < -0.4 is 5.32 Å². The molecule has 0 spiro atoms. The van der Waals surface area contributed by atoms with Crippen LogP contribution in [0.1, 0.15) is 34.9 Å². The van der Waals surface area contributed by atoms with Gasteiger partial charge in [-0.25, -0.2) is 0 Å². The minimum atomic E-state index is 0.385. The second-order valence-electron chi connectivity index (χ2n) is 4.87. The lowest BCUT2D eigenvalue weighted by Crippen LogP contribution is -2.30. The van der Waals surface area contributed by atoms with Gasteiger partial charge in [-0.15, -0.1) is 11.3 Å². The van der Waals surface area contributed by atoms with Crippen LogP contribution in [-0.2, 0) is 6.42 Å². The average Bonchev–Trinajstić information content (AvgIpc) is 2.77. The van der Waals surface area contributed by atoms with Crippen LogP contribution in [0.15, 0.2) is 36.4 Å². The van der Waals surface area contributed by atoms with Crippen LogP contribution in [0.25, 0.3) is 0 Å². The highest BCUT2D eigenvalue weighted by molar-refractivity contribution is 7.16. The van der Waals surface area contributed by atoms with Crippen LogP contribution in [0.3, 0.4) is 0 Å². The molecule has 0 saturated carbocycles. The van der Waals surface area contributed by atoms with E-state index in [1.165, 1.54) is 22.4 Å². The molecule has 0 radical (unpaired) electrons. The Morgan fingerprint density at radius 3 is 2.89 bits per heavy atom. The van der Waals surface area contributed by atoms with E-state index in [4.69, 9.17) is 11.6 Å². The van der Waals surface area contributed by atoms with Crippen LogP contribution in [0.2, 0.25) is 4.34 Å². The molecule has 94 valence electrons. The Labute approximate surface area is 117 Å². The van der Waals surface area contributed by atoms with Gasteiger partial charge in [0.1, 0.15) is 0 Å². The predicted molar refractivity (Wildman–Crippen MR) is 78.6 cm³/mol. The Hall–Kier alpha value is -0.830.